The first-order valence-electron chi connectivity index (χ1n) is 8.06. The number of nitrogens with zero attached hydrogens (tertiary/aromatic N) is 1. The van der Waals surface area contributed by atoms with E-state index in [0.717, 1.165) is 38.0 Å². The smallest absolute Gasteiger partial charge is 0.211 e. The Morgan fingerprint density at radius 3 is 2.40 bits per heavy atom. The van der Waals surface area contributed by atoms with E-state index in [0.29, 0.717) is 19.0 Å². The van der Waals surface area contributed by atoms with Gasteiger partial charge < -0.3 is 5.73 Å². The van der Waals surface area contributed by atoms with E-state index in [1.807, 2.05) is 0 Å². The van der Waals surface area contributed by atoms with Crippen molar-refractivity contribution in [2.75, 3.05) is 19.3 Å². The summed E-state index contributed by atoms with van der Waals surface area (Å²) in [5.41, 5.74) is 6.55. The van der Waals surface area contributed by atoms with Gasteiger partial charge in [0, 0.05) is 18.6 Å². The third kappa shape index (κ3) is 4.18. The number of rotatable bonds is 4. The zero-order chi connectivity index (χ0) is 14.8. The molecule has 2 aliphatic rings. The second kappa shape index (κ2) is 6.32. The molecule has 1 heterocycles. The van der Waals surface area contributed by atoms with Crippen LogP contribution < -0.4 is 5.73 Å². The second-order valence-electron chi connectivity index (χ2n) is 7.05. The van der Waals surface area contributed by atoms with Gasteiger partial charge in [-0.05, 0) is 56.8 Å². The zero-order valence-corrected chi connectivity index (χ0v) is 13.8. The average molecular weight is 302 g/mol. The minimum absolute atomic E-state index is 0.0448. The molecule has 2 rings (SSSR count). The number of piperidine rings is 1. The maximum Gasteiger partial charge on any atom is 0.211 e. The van der Waals surface area contributed by atoms with Gasteiger partial charge in [0.05, 0.1) is 6.26 Å². The van der Waals surface area contributed by atoms with Crippen molar-refractivity contribution in [3.8, 4) is 0 Å². The van der Waals surface area contributed by atoms with E-state index in [2.05, 4.69) is 6.92 Å². The van der Waals surface area contributed by atoms with Gasteiger partial charge in [0.2, 0.25) is 10.0 Å². The summed E-state index contributed by atoms with van der Waals surface area (Å²) in [7, 11) is -3.04. The van der Waals surface area contributed by atoms with Crippen LogP contribution in [0.3, 0.4) is 0 Å². The summed E-state index contributed by atoms with van der Waals surface area (Å²) in [6.07, 6.45) is 10.4. The van der Waals surface area contributed by atoms with Crippen LogP contribution in [0.1, 0.15) is 58.3 Å². The SMILES string of the molecule is CCC1CCC(N)(CC2CCCN(S(C)(=O)=O)C2)CC1. The highest BCUT2D eigenvalue weighted by Gasteiger charge is 2.35. The Bertz CT molecular complexity index is 414. The van der Waals surface area contributed by atoms with E-state index in [9.17, 15) is 8.42 Å². The predicted octanol–water partition coefficient (Wildman–Crippen LogP) is 2.35. The van der Waals surface area contributed by atoms with Gasteiger partial charge >= 0.3 is 0 Å². The normalized spacial score (nSPS) is 37.0. The first kappa shape index (κ1) is 16.2. The lowest BCUT2D eigenvalue weighted by molar-refractivity contribution is 0.160. The molecule has 0 aromatic heterocycles. The van der Waals surface area contributed by atoms with E-state index in [1.165, 1.54) is 25.5 Å². The van der Waals surface area contributed by atoms with Gasteiger partial charge in [-0.3, -0.25) is 0 Å². The first-order valence-corrected chi connectivity index (χ1v) is 9.91. The molecule has 1 aliphatic carbocycles. The Balaban J connectivity index is 1.89. The Morgan fingerprint density at radius 1 is 1.20 bits per heavy atom. The molecule has 0 bridgehead atoms. The standard InChI is InChI=1S/C15H30N2O2S/c1-3-13-6-8-15(16,9-7-13)11-14-5-4-10-17(12-14)20(2,18)19/h13-14H,3-12,16H2,1-2H3. The van der Waals surface area contributed by atoms with Crippen LogP contribution in [0.15, 0.2) is 0 Å². The lowest BCUT2D eigenvalue weighted by Gasteiger charge is -2.41. The van der Waals surface area contributed by atoms with Gasteiger partial charge in [-0.2, -0.15) is 0 Å². The van der Waals surface area contributed by atoms with Crippen molar-refractivity contribution >= 4 is 10.0 Å². The Kier molecular flexibility index (Phi) is 5.14. The van der Waals surface area contributed by atoms with Crippen molar-refractivity contribution < 1.29 is 8.42 Å². The fourth-order valence-corrected chi connectivity index (χ4v) is 4.88. The van der Waals surface area contributed by atoms with Crippen LogP contribution in [0.2, 0.25) is 0 Å². The van der Waals surface area contributed by atoms with Gasteiger partial charge in [-0.1, -0.05) is 13.3 Å². The highest BCUT2D eigenvalue weighted by atomic mass is 32.2. The molecule has 0 aromatic rings. The van der Waals surface area contributed by atoms with E-state index in [1.54, 1.807) is 4.31 Å². The van der Waals surface area contributed by atoms with Crippen LogP contribution >= 0.6 is 0 Å². The van der Waals surface area contributed by atoms with Crippen LogP contribution in [0, 0.1) is 11.8 Å². The highest BCUT2D eigenvalue weighted by molar-refractivity contribution is 7.88. The van der Waals surface area contributed by atoms with Crippen molar-refractivity contribution in [2.45, 2.75) is 63.8 Å². The molecule has 5 heteroatoms. The molecule has 1 aliphatic heterocycles. The van der Waals surface area contributed by atoms with Gasteiger partial charge in [-0.15, -0.1) is 0 Å². The maximum absolute atomic E-state index is 11.7. The number of nitrogens with two attached hydrogens (primary N) is 1. The first-order chi connectivity index (χ1) is 9.32. The molecular weight excluding hydrogens is 272 g/mol. The van der Waals surface area contributed by atoms with E-state index in [4.69, 9.17) is 5.73 Å². The van der Waals surface area contributed by atoms with Crippen molar-refractivity contribution in [1.82, 2.24) is 4.31 Å². The summed E-state index contributed by atoms with van der Waals surface area (Å²) in [4.78, 5) is 0. The van der Waals surface area contributed by atoms with Crippen molar-refractivity contribution in [3.05, 3.63) is 0 Å². The molecule has 1 saturated carbocycles. The molecule has 4 nitrogen and oxygen atoms in total. The summed E-state index contributed by atoms with van der Waals surface area (Å²) in [6, 6.07) is 0. The lowest BCUT2D eigenvalue weighted by atomic mass is 9.71. The minimum Gasteiger partial charge on any atom is -0.325 e. The van der Waals surface area contributed by atoms with E-state index < -0.39 is 10.0 Å². The molecule has 0 aromatic carbocycles. The third-order valence-corrected chi connectivity index (χ3v) is 6.59. The van der Waals surface area contributed by atoms with Crippen LogP contribution in [0.25, 0.3) is 0 Å². The molecule has 1 atom stereocenters. The lowest BCUT2D eigenvalue weighted by Crippen LogP contribution is -2.48. The van der Waals surface area contributed by atoms with Crippen LogP contribution in [-0.2, 0) is 10.0 Å². The molecule has 0 amide bonds. The summed E-state index contributed by atoms with van der Waals surface area (Å²) >= 11 is 0. The van der Waals surface area contributed by atoms with Crippen molar-refractivity contribution in [2.24, 2.45) is 17.6 Å². The van der Waals surface area contributed by atoms with Gasteiger partial charge in [-0.25, -0.2) is 12.7 Å². The van der Waals surface area contributed by atoms with Crippen LogP contribution in [0.5, 0.6) is 0 Å². The molecule has 2 N–H and O–H groups in total. The van der Waals surface area contributed by atoms with E-state index >= 15 is 0 Å². The summed E-state index contributed by atoms with van der Waals surface area (Å²) in [5.74, 6) is 1.30. The third-order valence-electron chi connectivity index (χ3n) is 5.32. The second-order valence-corrected chi connectivity index (χ2v) is 9.03. The quantitative estimate of drug-likeness (QED) is 0.867. The molecule has 0 spiro atoms. The number of hydrogen-bond acceptors (Lipinski definition) is 3. The molecule has 2 fully saturated rings. The van der Waals surface area contributed by atoms with Gasteiger partial charge in [0.15, 0.2) is 0 Å². The topological polar surface area (TPSA) is 63.4 Å². The van der Waals surface area contributed by atoms with E-state index in [-0.39, 0.29) is 5.54 Å². The molecular formula is C15H30N2O2S. The summed E-state index contributed by atoms with van der Waals surface area (Å²) < 4.78 is 25.0. The minimum atomic E-state index is -3.04. The molecule has 1 saturated heterocycles. The van der Waals surface area contributed by atoms with Crippen molar-refractivity contribution in [3.63, 3.8) is 0 Å². The Labute approximate surface area is 124 Å². The number of sulfonamides is 1. The Hall–Kier alpha value is -0.130. The average Bonchev–Trinajstić information content (AvgIpc) is 2.38. The molecule has 118 valence electrons. The maximum atomic E-state index is 11.7. The van der Waals surface area contributed by atoms with Gasteiger partial charge in [0.1, 0.15) is 0 Å². The molecule has 1 unspecified atom stereocenters. The Morgan fingerprint density at radius 2 is 1.85 bits per heavy atom. The summed E-state index contributed by atoms with van der Waals surface area (Å²) in [6.45, 7) is 3.62. The highest BCUT2D eigenvalue weighted by Crippen LogP contribution is 2.37. The monoisotopic (exact) mass is 302 g/mol. The predicted molar refractivity (Wildman–Crippen MR) is 82.9 cm³/mol. The fourth-order valence-electron chi connectivity index (χ4n) is 3.93. The molecule has 0 radical (unpaired) electrons. The molecule has 20 heavy (non-hydrogen) atoms. The summed E-state index contributed by atoms with van der Waals surface area (Å²) in [5, 5.41) is 0. The fraction of sp³-hybridized carbons (Fsp3) is 1.00. The number of hydrogen-bond donors (Lipinski definition) is 1. The van der Waals surface area contributed by atoms with Crippen LogP contribution in [0.4, 0.5) is 0 Å². The van der Waals surface area contributed by atoms with Crippen molar-refractivity contribution in [1.29, 1.82) is 0 Å². The van der Waals surface area contributed by atoms with Gasteiger partial charge in [0.25, 0.3) is 0 Å². The van der Waals surface area contributed by atoms with Crippen LogP contribution in [-0.4, -0.2) is 37.6 Å². The zero-order valence-electron chi connectivity index (χ0n) is 13.0. The largest absolute Gasteiger partial charge is 0.325 e.